The molecule has 7 nitrogen and oxygen atoms in total. The minimum absolute atomic E-state index is 0.323. The summed E-state index contributed by atoms with van der Waals surface area (Å²) in [6, 6.07) is 11.3. The van der Waals surface area contributed by atoms with Crippen molar-refractivity contribution in [1.82, 2.24) is 19.5 Å². The van der Waals surface area contributed by atoms with Gasteiger partial charge in [-0.1, -0.05) is 41.4 Å². The first-order valence-electron chi connectivity index (χ1n) is 9.31. The summed E-state index contributed by atoms with van der Waals surface area (Å²) in [6.45, 7) is 0.603. The van der Waals surface area contributed by atoms with Crippen LogP contribution in [0.15, 0.2) is 52.8 Å². The Bertz CT molecular complexity index is 1250. The van der Waals surface area contributed by atoms with Crippen molar-refractivity contribution >= 4 is 51.9 Å². The summed E-state index contributed by atoms with van der Waals surface area (Å²) < 4.78 is 12.9. The van der Waals surface area contributed by atoms with E-state index in [1.54, 1.807) is 20.3 Å². The van der Waals surface area contributed by atoms with Crippen molar-refractivity contribution in [3.8, 4) is 11.5 Å². The van der Waals surface area contributed by atoms with Crippen LogP contribution >= 0.6 is 35.0 Å². The molecule has 0 aliphatic carbocycles. The molecule has 0 aliphatic rings. The molecule has 31 heavy (non-hydrogen) atoms. The number of nitrogens with zero attached hydrogens (tertiary/aromatic N) is 4. The van der Waals surface area contributed by atoms with Gasteiger partial charge in [-0.3, -0.25) is 0 Å². The van der Waals surface area contributed by atoms with Crippen molar-refractivity contribution < 1.29 is 9.47 Å². The zero-order chi connectivity index (χ0) is 22.0. The zero-order valence-corrected chi connectivity index (χ0v) is 19.1. The molecule has 2 heterocycles. The molecule has 0 spiro atoms. The second kappa shape index (κ2) is 9.21. The van der Waals surface area contributed by atoms with E-state index in [0.29, 0.717) is 51.6 Å². The van der Waals surface area contributed by atoms with Gasteiger partial charge in [0.05, 0.1) is 24.1 Å². The van der Waals surface area contributed by atoms with Crippen molar-refractivity contribution in [2.45, 2.75) is 23.0 Å². The number of hydrogen-bond donors (Lipinski definition) is 1. The quantitative estimate of drug-likeness (QED) is 0.396. The molecular formula is C21H19Cl2N5O2S. The first-order valence-corrected chi connectivity index (χ1v) is 10.9. The number of rotatable bonds is 7. The van der Waals surface area contributed by atoms with Crippen molar-refractivity contribution in [3.63, 3.8) is 0 Å². The molecule has 0 bridgehead atoms. The molecule has 0 saturated carbocycles. The maximum atomic E-state index is 6.35. The molecule has 2 aromatic carbocycles. The average Bonchev–Trinajstić information content (AvgIpc) is 3.12. The van der Waals surface area contributed by atoms with Gasteiger partial charge in [0.25, 0.3) is 0 Å². The first-order chi connectivity index (χ1) is 15.0. The topological polar surface area (TPSA) is 88.1 Å². The fraction of sp³-hybridized carbons (Fsp3) is 0.190. The molecule has 0 saturated heterocycles. The van der Waals surface area contributed by atoms with Gasteiger partial charge >= 0.3 is 0 Å². The van der Waals surface area contributed by atoms with Gasteiger partial charge in [0.1, 0.15) is 17.8 Å². The van der Waals surface area contributed by atoms with Crippen LogP contribution in [0.1, 0.15) is 5.56 Å². The van der Waals surface area contributed by atoms with Crippen LogP contribution in [0, 0.1) is 0 Å². The number of ether oxygens (including phenoxy) is 2. The van der Waals surface area contributed by atoms with E-state index in [1.807, 2.05) is 34.9 Å². The predicted molar refractivity (Wildman–Crippen MR) is 124 cm³/mol. The van der Waals surface area contributed by atoms with Crippen LogP contribution in [-0.4, -0.2) is 33.7 Å². The fourth-order valence-corrected chi connectivity index (χ4v) is 4.65. The zero-order valence-electron chi connectivity index (χ0n) is 16.8. The molecule has 4 aromatic rings. The Morgan fingerprint density at radius 2 is 1.81 bits per heavy atom. The molecular weight excluding hydrogens is 457 g/mol. The lowest BCUT2D eigenvalue weighted by Crippen LogP contribution is -2.05. The Kier molecular flexibility index (Phi) is 6.41. The monoisotopic (exact) mass is 475 g/mol. The van der Waals surface area contributed by atoms with Crippen LogP contribution in [0.2, 0.25) is 10.0 Å². The third-order valence-electron chi connectivity index (χ3n) is 4.73. The highest BCUT2D eigenvalue weighted by molar-refractivity contribution is 7.99. The normalized spacial score (nSPS) is 11.1. The van der Waals surface area contributed by atoms with Gasteiger partial charge in [0, 0.05) is 17.6 Å². The third kappa shape index (κ3) is 4.37. The molecule has 0 amide bonds. The van der Waals surface area contributed by atoms with Crippen LogP contribution in [-0.2, 0) is 13.0 Å². The standard InChI is InChI=1S/C21H19Cl2N5O2S/c1-29-15-10-17(16(30-2)9-14(15)23)31-21-27-18-19(24)25-11-26-20(18)28(21)8-7-12-5-3-4-6-13(12)22/h3-6,9-11H,7-8H2,1-2H3,(H2,24,25,26). The Hall–Kier alpha value is -2.68. The largest absolute Gasteiger partial charge is 0.496 e. The maximum absolute atomic E-state index is 6.35. The number of halogens is 2. The fourth-order valence-electron chi connectivity index (χ4n) is 3.16. The Labute approximate surface area is 193 Å². The van der Waals surface area contributed by atoms with Crippen molar-refractivity contribution in [1.29, 1.82) is 0 Å². The smallest absolute Gasteiger partial charge is 0.175 e. The lowest BCUT2D eigenvalue weighted by Gasteiger charge is -2.13. The van der Waals surface area contributed by atoms with Crippen LogP contribution in [0.3, 0.4) is 0 Å². The summed E-state index contributed by atoms with van der Waals surface area (Å²) >= 11 is 14.0. The molecule has 0 unspecified atom stereocenters. The number of imidazole rings is 1. The molecule has 160 valence electrons. The number of hydrogen-bond acceptors (Lipinski definition) is 7. The van der Waals surface area contributed by atoms with Crippen LogP contribution < -0.4 is 15.2 Å². The third-order valence-corrected chi connectivity index (χ3v) is 6.42. The maximum Gasteiger partial charge on any atom is 0.175 e. The molecule has 2 N–H and O–H groups in total. The van der Waals surface area contributed by atoms with E-state index >= 15 is 0 Å². The Morgan fingerprint density at radius 3 is 2.55 bits per heavy atom. The Balaban J connectivity index is 1.76. The van der Waals surface area contributed by atoms with Gasteiger partial charge in [0.2, 0.25) is 0 Å². The number of aromatic nitrogens is 4. The summed E-state index contributed by atoms with van der Waals surface area (Å²) in [6.07, 6.45) is 2.13. The van der Waals surface area contributed by atoms with Gasteiger partial charge in [-0.15, -0.1) is 0 Å². The summed E-state index contributed by atoms with van der Waals surface area (Å²) in [7, 11) is 3.16. The molecule has 0 radical (unpaired) electrons. The second-order valence-corrected chi connectivity index (χ2v) is 8.38. The second-order valence-electron chi connectivity index (χ2n) is 6.56. The van der Waals surface area contributed by atoms with E-state index in [9.17, 15) is 0 Å². The Morgan fingerprint density at radius 1 is 1.03 bits per heavy atom. The van der Waals surface area contributed by atoms with E-state index < -0.39 is 0 Å². The SMILES string of the molecule is COc1cc(Sc2nc3c(N)ncnc3n2CCc2ccccc2Cl)c(OC)cc1Cl. The van der Waals surface area contributed by atoms with E-state index in [0.717, 1.165) is 15.5 Å². The number of benzene rings is 2. The average molecular weight is 476 g/mol. The van der Waals surface area contributed by atoms with Crippen molar-refractivity contribution in [2.75, 3.05) is 20.0 Å². The number of nitrogens with two attached hydrogens (primary N) is 1. The number of fused-ring (bicyclic) bond motifs is 1. The highest BCUT2D eigenvalue weighted by Gasteiger charge is 2.19. The van der Waals surface area contributed by atoms with Gasteiger partial charge in [0.15, 0.2) is 22.1 Å². The van der Waals surface area contributed by atoms with E-state index in [4.69, 9.17) is 43.4 Å². The predicted octanol–water partition coefficient (Wildman–Crippen LogP) is 5.13. The lowest BCUT2D eigenvalue weighted by molar-refractivity contribution is 0.394. The van der Waals surface area contributed by atoms with E-state index in [-0.39, 0.29) is 0 Å². The van der Waals surface area contributed by atoms with Crippen molar-refractivity contribution in [3.05, 3.63) is 58.3 Å². The van der Waals surface area contributed by atoms with Gasteiger partial charge < -0.3 is 19.8 Å². The molecule has 10 heteroatoms. The lowest BCUT2D eigenvalue weighted by atomic mass is 10.1. The highest BCUT2D eigenvalue weighted by atomic mass is 35.5. The van der Waals surface area contributed by atoms with Crippen LogP contribution in [0.25, 0.3) is 11.2 Å². The minimum Gasteiger partial charge on any atom is -0.496 e. The number of methoxy groups -OCH3 is 2. The van der Waals surface area contributed by atoms with Crippen molar-refractivity contribution in [2.24, 2.45) is 0 Å². The van der Waals surface area contributed by atoms with E-state index in [1.165, 1.54) is 18.1 Å². The molecule has 0 atom stereocenters. The van der Waals surface area contributed by atoms with Crippen LogP contribution in [0.5, 0.6) is 11.5 Å². The molecule has 4 rings (SSSR count). The molecule has 0 aliphatic heterocycles. The number of nitrogen functional groups attached to an aromatic ring is 1. The summed E-state index contributed by atoms with van der Waals surface area (Å²) in [5.41, 5.74) is 8.30. The van der Waals surface area contributed by atoms with Gasteiger partial charge in [-0.05, 0) is 35.9 Å². The first kappa shape index (κ1) is 21.5. The minimum atomic E-state index is 0.323. The summed E-state index contributed by atoms with van der Waals surface area (Å²) in [5, 5.41) is 1.88. The van der Waals surface area contributed by atoms with Crippen LogP contribution in [0.4, 0.5) is 5.82 Å². The van der Waals surface area contributed by atoms with Gasteiger partial charge in [-0.2, -0.15) is 0 Å². The highest BCUT2D eigenvalue weighted by Crippen LogP contribution is 2.41. The van der Waals surface area contributed by atoms with E-state index in [2.05, 4.69) is 9.97 Å². The summed E-state index contributed by atoms with van der Waals surface area (Å²) in [4.78, 5) is 14.0. The molecule has 2 aromatic heterocycles. The van der Waals surface area contributed by atoms with Gasteiger partial charge in [-0.25, -0.2) is 15.0 Å². The summed E-state index contributed by atoms with van der Waals surface area (Å²) in [5.74, 6) is 1.48. The number of aryl methyl sites for hydroxylation is 2. The molecule has 0 fully saturated rings. The number of anilines is 1.